The summed E-state index contributed by atoms with van der Waals surface area (Å²) < 4.78 is 9.71. The Kier molecular flexibility index (Phi) is 6.63. The molecule has 0 aliphatic carbocycles. The van der Waals surface area contributed by atoms with Gasteiger partial charge in [0.05, 0.1) is 18.6 Å². The Morgan fingerprint density at radius 1 is 0.971 bits per heavy atom. The molecule has 0 fully saturated rings. The largest absolute Gasteiger partial charge is 0.467 e. The summed E-state index contributed by atoms with van der Waals surface area (Å²) >= 11 is 1.38. The lowest BCUT2D eigenvalue weighted by Gasteiger charge is -2.10. The minimum Gasteiger partial charge on any atom is -0.467 e. The van der Waals surface area contributed by atoms with Gasteiger partial charge in [-0.3, -0.25) is 14.3 Å². The Morgan fingerprint density at radius 2 is 1.83 bits per heavy atom. The van der Waals surface area contributed by atoms with Gasteiger partial charge in [0.15, 0.2) is 16.8 Å². The summed E-state index contributed by atoms with van der Waals surface area (Å²) in [7, 11) is 0. The number of pyridine rings is 1. The first kappa shape index (κ1) is 22.9. The lowest BCUT2D eigenvalue weighted by Crippen LogP contribution is -2.09. The first-order valence-electron chi connectivity index (χ1n) is 11.3. The van der Waals surface area contributed by atoms with Crippen molar-refractivity contribution in [2.75, 3.05) is 5.75 Å². The average Bonchev–Trinajstić information content (AvgIpc) is 3.61. The van der Waals surface area contributed by atoms with Crippen molar-refractivity contribution in [3.63, 3.8) is 0 Å². The Labute approximate surface area is 207 Å². The van der Waals surface area contributed by atoms with Crippen molar-refractivity contribution in [3.05, 3.63) is 108 Å². The molecule has 35 heavy (non-hydrogen) atoms. The molecule has 0 aliphatic rings. The van der Waals surface area contributed by atoms with Gasteiger partial charge in [-0.15, -0.1) is 10.2 Å². The number of Topliss-reactive ketones (excluding diaryl/α,β-unsaturated/α-hetero) is 1. The Hall–Kier alpha value is -3.91. The maximum absolute atomic E-state index is 13.2. The molecule has 0 amide bonds. The van der Waals surface area contributed by atoms with Gasteiger partial charge < -0.3 is 8.98 Å². The van der Waals surface area contributed by atoms with Crippen molar-refractivity contribution >= 4 is 17.5 Å². The fraction of sp³-hybridized carbons (Fsp3) is 0.185. The number of benzene rings is 1. The quantitative estimate of drug-likeness (QED) is 0.206. The second kappa shape index (κ2) is 10.1. The van der Waals surface area contributed by atoms with Gasteiger partial charge in [0.25, 0.3) is 0 Å². The minimum absolute atomic E-state index is 0.0675. The number of aromatic nitrogens is 5. The zero-order chi connectivity index (χ0) is 24.2. The number of ketones is 1. The van der Waals surface area contributed by atoms with E-state index in [0.717, 1.165) is 34.8 Å². The molecule has 7 nitrogen and oxygen atoms in total. The van der Waals surface area contributed by atoms with E-state index >= 15 is 0 Å². The summed E-state index contributed by atoms with van der Waals surface area (Å²) in [5.41, 5.74) is 4.85. The van der Waals surface area contributed by atoms with E-state index in [1.54, 1.807) is 18.7 Å². The molecule has 0 saturated carbocycles. The Balaban J connectivity index is 1.36. The van der Waals surface area contributed by atoms with E-state index < -0.39 is 0 Å². The minimum atomic E-state index is 0.0675. The van der Waals surface area contributed by atoms with Crippen molar-refractivity contribution in [2.45, 2.75) is 32.1 Å². The van der Waals surface area contributed by atoms with Crippen molar-refractivity contribution in [3.8, 4) is 11.4 Å². The van der Waals surface area contributed by atoms with E-state index in [4.69, 9.17) is 4.42 Å². The highest BCUT2D eigenvalue weighted by atomic mass is 32.2. The number of furan rings is 1. The van der Waals surface area contributed by atoms with Gasteiger partial charge in [-0.2, -0.15) is 0 Å². The van der Waals surface area contributed by atoms with Crippen molar-refractivity contribution in [1.82, 2.24) is 24.3 Å². The smallest absolute Gasteiger partial charge is 0.192 e. The molecule has 0 atom stereocenters. The molecule has 4 heterocycles. The highest BCUT2D eigenvalue weighted by Crippen LogP contribution is 2.26. The molecule has 5 aromatic rings. The monoisotopic (exact) mass is 483 g/mol. The Morgan fingerprint density at radius 3 is 2.57 bits per heavy atom. The maximum Gasteiger partial charge on any atom is 0.192 e. The maximum atomic E-state index is 13.2. The lowest BCUT2D eigenvalue weighted by molar-refractivity contribution is 0.102. The number of thioether (sulfide) groups is 1. The van der Waals surface area contributed by atoms with Crippen LogP contribution in [0.1, 0.15) is 33.1 Å². The molecule has 0 unspecified atom stereocenters. The molecule has 1 aromatic carbocycles. The van der Waals surface area contributed by atoms with E-state index in [-0.39, 0.29) is 11.5 Å². The fourth-order valence-corrected chi connectivity index (χ4v) is 4.93. The molecule has 5 rings (SSSR count). The predicted octanol–water partition coefficient (Wildman–Crippen LogP) is 5.42. The van der Waals surface area contributed by atoms with E-state index in [0.29, 0.717) is 17.5 Å². The average molecular weight is 484 g/mol. The number of rotatable bonds is 9. The summed E-state index contributed by atoms with van der Waals surface area (Å²) in [6.45, 7) is 5.25. The van der Waals surface area contributed by atoms with Crippen LogP contribution in [0.25, 0.3) is 11.4 Å². The third-order valence-corrected chi connectivity index (χ3v) is 6.89. The summed E-state index contributed by atoms with van der Waals surface area (Å²) in [6, 6.07) is 19.8. The third kappa shape index (κ3) is 4.97. The number of carbonyl (C=O) groups is 1. The highest BCUT2D eigenvalue weighted by molar-refractivity contribution is 7.99. The fourth-order valence-electron chi connectivity index (χ4n) is 4.11. The molecular formula is C27H25N5O2S. The van der Waals surface area contributed by atoms with Crippen LogP contribution in [0.2, 0.25) is 0 Å². The molecule has 0 spiro atoms. The molecule has 0 N–H and O–H groups in total. The number of hydrogen-bond donors (Lipinski definition) is 0. The van der Waals surface area contributed by atoms with Crippen molar-refractivity contribution in [1.29, 1.82) is 0 Å². The summed E-state index contributed by atoms with van der Waals surface area (Å²) in [5, 5.41) is 9.44. The van der Waals surface area contributed by atoms with Gasteiger partial charge in [-0.05, 0) is 49.7 Å². The molecule has 0 radical (unpaired) electrons. The SMILES string of the molecule is Cc1cc(C(=O)CSc2nnc(-c3cccnc3)n2Cc2ccco2)c(C)n1Cc1ccccc1. The summed E-state index contributed by atoms with van der Waals surface area (Å²) in [4.78, 5) is 17.4. The van der Waals surface area contributed by atoms with Gasteiger partial charge >= 0.3 is 0 Å². The number of aryl methyl sites for hydroxylation is 1. The number of nitrogens with zero attached hydrogens (tertiary/aromatic N) is 5. The zero-order valence-electron chi connectivity index (χ0n) is 19.6. The van der Waals surface area contributed by atoms with Gasteiger partial charge in [-0.1, -0.05) is 42.1 Å². The van der Waals surface area contributed by atoms with E-state index in [2.05, 4.69) is 31.9 Å². The molecule has 0 saturated heterocycles. The van der Waals surface area contributed by atoms with Crippen LogP contribution in [0, 0.1) is 13.8 Å². The number of hydrogen-bond acceptors (Lipinski definition) is 6. The normalized spacial score (nSPS) is 11.1. The van der Waals surface area contributed by atoms with Gasteiger partial charge in [0.2, 0.25) is 0 Å². The predicted molar refractivity (Wildman–Crippen MR) is 136 cm³/mol. The Bertz CT molecular complexity index is 1420. The molecule has 0 aliphatic heterocycles. The first-order valence-corrected chi connectivity index (χ1v) is 12.3. The topological polar surface area (TPSA) is 78.7 Å². The van der Waals surface area contributed by atoms with Crippen LogP contribution < -0.4 is 0 Å². The second-order valence-corrected chi connectivity index (χ2v) is 9.22. The molecule has 0 bridgehead atoms. The van der Waals surface area contributed by atoms with Gasteiger partial charge in [0.1, 0.15) is 5.76 Å². The van der Waals surface area contributed by atoms with Crippen molar-refractivity contribution < 1.29 is 9.21 Å². The van der Waals surface area contributed by atoms with Crippen LogP contribution in [0.4, 0.5) is 0 Å². The molecule has 4 aromatic heterocycles. The van der Waals surface area contributed by atoms with Crippen LogP contribution in [-0.2, 0) is 13.1 Å². The van der Waals surface area contributed by atoms with E-state index in [9.17, 15) is 4.79 Å². The van der Waals surface area contributed by atoms with Crippen LogP contribution in [0.5, 0.6) is 0 Å². The highest BCUT2D eigenvalue weighted by Gasteiger charge is 2.20. The molecular weight excluding hydrogens is 458 g/mol. The van der Waals surface area contributed by atoms with Crippen LogP contribution >= 0.6 is 11.8 Å². The summed E-state index contributed by atoms with van der Waals surface area (Å²) in [6.07, 6.45) is 5.12. The van der Waals surface area contributed by atoms with E-state index in [1.807, 2.05) is 66.9 Å². The summed E-state index contributed by atoms with van der Waals surface area (Å²) in [5.74, 6) is 1.80. The number of carbonyl (C=O) groups excluding carboxylic acids is 1. The first-order chi connectivity index (χ1) is 17.1. The molecule has 176 valence electrons. The van der Waals surface area contributed by atoms with Crippen LogP contribution in [0.15, 0.2) is 88.9 Å². The van der Waals surface area contributed by atoms with Crippen molar-refractivity contribution in [2.24, 2.45) is 0 Å². The molecule has 8 heteroatoms. The third-order valence-electron chi connectivity index (χ3n) is 5.92. The second-order valence-electron chi connectivity index (χ2n) is 8.28. The van der Waals surface area contributed by atoms with Gasteiger partial charge in [0, 0.05) is 41.5 Å². The van der Waals surface area contributed by atoms with E-state index in [1.165, 1.54) is 17.3 Å². The lowest BCUT2D eigenvalue weighted by atomic mass is 10.2. The zero-order valence-corrected chi connectivity index (χ0v) is 20.4. The van der Waals surface area contributed by atoms with Crippen LogP contribution in [-0.4, -0.2) is 35.9 Å². The standard InChI is InChI=1S/C27H25N5O2S/c1-19-14-24(20(2)31(19)16-21-8-4-3-5-9-21)25(33)18-35-27-30-29-26(22-10-6-12-28-15-22)32(27)17-23-11-7-13-34-23/h3-15H,16-18H2,1-2H3. The van der Waals surface area contributed by atoms with Gasteiger partial charge in [-0.25, -0.2) is 0 Å². The van der Waals surface area contributed by atoms with Crippen LogP contribution in [0.3, 0.4) is 0 Å².